The minimum Gasteiger partial charge on any atom is -0.496 e. The van der Waals surface area contributed by atoms with E-state index in [4.69, 9.17) is 4.74 Å². The van der Waals surface area contributed by atoms with Gasteiger partial charge in [-0.05, 0) is 43.5 Å². The quantitative estimate of drug-likeness (QED) is 0.799. The summed E-state index contributed by atoms with van der Waals surface area (Å²) in [5, 5.41) is 9.41. The average Bonchev–Trinajstić information content (AvgIpc) is 3.16. The largest absolute Gasteiger partial charge is 0.496 e. The van der Waals surface area contributed by atoms with Gasteiger partial charge < -0.3 is 9.84 Å². The van der Waals surface area contributed by atoms with Crippen LogP contribution in [0.2, 0.25) is 0 Å². The van der Waals surface area contributed by atoms with Crippen molar-refractivity contribution in [2.45, 2.75) is 25.7 Å². The molecule has 118 valence electrons. The number of rotatable bonds is 3. The first-order valence-electron chi connectivity index (χ1n) is 7.47. The Balaban J connectivity index is 1.82. The third-order valence-electron chi connectivity index (χ3n) is 4.41. The van der Waals surface area contributed by atoms with E-state index >= 15 is 0 Å². The van der Waals surface area contributed by atoms with Crippen molar-refractivity contribution < 1.29 is 14.6 Å². The van der Waals surface area contributed by atoms with Crippen molar-refractivity contribution in [3.8, 4) is 17.0 Å². The lowest BCUT2D eigenvalue weighted by molar-refractivity contribution is -0.138. The van der Waals surface area contributed by atoms with E-state index in [9.17, 15) is 9.90 Å². The predicted octanol–water partition coefficient (Wildman–Crippen LogP) is 3.49. The van der Waals surface area contributed by atoms with Crippen molar-refractivity contribution in [3.05, 3.63) is 40.5 Å². The van der Waals surface area contributed by atoms with E-state index < -0.39 is 11.9 Å². The second-order valence-electron chi connectivity index (χ2n) is 5.80. The highest BCUT2D eigenvalue weighted by molar-refractivity contribution is 7.17. The first-order valence-corrected chi connectivity index (χ1v) is 8.28. The van der Waals surface area contributed by atoms with Gasteiger partial charge in [-0.1, -0.05) is 0 Å². The van der Waals surface area contributed by atoms with E-state index in [1.54, 1.807) is 18.4 Å². The van der Waals surface area contributed by atoms with Gasteiger partial charge >= 0.3 is 5.97 Å². The highest BCUT2D eigenvalue weighted by Crippen LogP contribution is 2.40. The Morgan fingerprint density at radius 3 is 3.00 bits per heavy atom. The van der Waals surface area contributed by atoms with Crippen molar-refractivity contribution in [2.24, 2.45) is 0 Å². The van der Waals surface area contributed by atoms with Gasteiger partial charge in [0.15, 0.2) is 4.96 Å². The summed E-state index contributed by atoms with van der Waals surface area (Å²) in [5.74, 6) is -0.320. The second kappa shape index (κ2) is 5.09. The number of methoxy groups -OCH3 is 1. The van der Waals surface area contributed by atoms with Gasteiger partial charge in [-0.25, -0.2) is 4.98 Å². The van der Waals surface area contributed by atoms with Gasteiger partial charge in [0, 0.05) is 16.6 Å². The van der Waals surface area contributed by atoms with Crippen LogP contribution >= 0.6 is 11.3 Å². The van der Waals surface area contributed by atoms with Gasteiger partial charge in [0.05, 0.1) is 24.4 Å². The molecule has 2 aromatic heterocycles. The number of carboxylic acids is 1. The molecule has 6 heteroatoms. The summed E-state index contributed by atoms with van der Waals surface area (Å²) in [7, 11) is 1.66. The molecule has 1 unspecified atom stereocenters. The van der Waals surface area contributed by atoms with Crippen molar-refractivity contribution in [2.75, 3.05) is 7.11 Å². The molecular weight excluding hydrogens is 312 g/mol. The molecule has 3 aromatic rings. The SMILES string of the molecule is COc1ccc(-c2cn3c4c(sc3n2)CCC4C(=O)O)cc1C. The van der Waals surface area contributed by atoms with E-state index in [1.807, 2.05) is 35.7 Å². The van der Waals surface area contributed by atoms with E-state index in [-0.39, 0.29) is 0 Å². The number of aryl methyl sites for hydroxylation is 2. The number of imidazole rings is 1. The molecule has 23 heavy (non-hydrogen) atoms. The molecule has 1 atom stereocenters. The lowest BCUT2D eigenvalue weighted by atomic mass is 10.1. The zero-order valence-corrected chi connectivity index (χ0v) is 13.7. The standard InChI is InChI=1S/C17H16N2O3S/c1-9-7-10(3-5-13(9)22-2)12-8-19-15-11(16(20)21)4-6-14(15)23-17(19)18-12/h3,5,7-8,11H,4,6H2,1-2H3,(H,20,21). The molecule has 5 nitrogen and oxygen atoms in total. The molecule has 0 amide bonds. The molecule has 1 aliphatic rings. The van der Waals surface area contributed by atoms with Gasteiger partial charge in [-0.3, -0.25) is 9.20 Å². The molecular formula is C17H16N2O3S. The van der Waals surface area contributed by atoms with Crippen LogP contribution in [0.4, 0.5) is 0 Å². The number of fused-ring (bicyclic) bond motifs is 3. The first-order chi connectivity index (χ1) is 11.1. The Bertz CT molecular complexity index is 925. The van der Waals surface area contributed by atoms with E-state index in [0.717, 1.165) is 44.5 Å². The van der Waals surface area contributed by atoms with Crippen molar-refractivity contribution in [3.63, 3.8) is 0 Å². The fourth-order valence-electron chi connectivity index (χ4n) is 3.28. The number of aromatic nitrogens is 2. The number of aliphatic carboxylic acids is 1. The number of nitrogens with zero attached hydrogens (tertiary/aromatic N) is 2. The smallest absolute Gasteiger partial charge is 0.312 e. The lowest BCUT2D eigenvalue weighted by Gasteiger charge is -2.06. The number of thiazole rings is 1. The third-order valence-corrected chi connectivity index (χ3v) is 5.54. The van der Waals surface area contributed by atoms with Crippen LogP contribution < -0.4 is 4.74 Å². The summed E-state index contributed by atoms with van der Waals surface area (Å²) in [6, 6.07) is 5.95. The molecule has 1 aromatic carbocycles. The van der Waals surface area contributed by atoms with Crippen LogP contribution in [0.3, 0.4) is 0 Å². The number of hydrogen-bond donors (Lipinski definition) is 1. The number of carboxylic acid groups (broad SMARTS) is 1. The van der Waals surface area contributed by atoms with Crippen LogP contribution in [0, 0.1) is 6.92 Å². The molecule has 0 saturated heterocycles. The number of benzene rings is 1. The summed E-state index contributed by atoms with van der Waals surface area (Å²) in [6.07, 6.45) is 3.46. The molecule has 0 bridgehead atoms. The van der Waals surface area contributed by atoms with Crippen molar-refractivity contribution in [1.82, 2.24) is 9.38 Å². The van der Waals surface area contributed by atoms with Gasteiger partial charge in [-0.2, -0.15) is 0 Å². The van der Waals surface area contributed by atoms with Crippen LogP contribution in [0.15, 0.2) is 24.4 Å². The van der Waals surface area contributed by atoms with Crippen LogP contribution in [0.25, 0.3) is 16.2 Å². The fraction of sp³-hybridized carbons (Fsp3) is 0.294. The monoisotopic (exact) mass is 328 g/mol. The summed E-state index contributed by atoms with van der Waals surface area (Å²) < 4.78 is 7.25. The molecule has 1 N–H and O–H groups in total. The van der Waals surface area contributed by atoms with Crippen molar-refractivity contribution in [1.29, 1.82) is 0 Å². The van der Waals surface area contributed by atoms with Crippen LogP contribution in [-0.2, 0) is 11.2 Å². The minimum absolute atomic E-state index is 0.418. The highest BCUT2D eigenvalue weighted by Gasteiger charge is 2.33. The predicted molar refractivity (Wildman–Crippen MR) is 88.5 cm³/mol. The van der Waals surface area contributed by atoms with Gasteiger partial charge in [-0.15, -0.1) is 11.3 Å². The zero-order chi connectivity index (χ0) is 16.1. The summed E-state index contributed by atoms with van der Waals surface area (Å²) in [6.45, 7) is 2.00. The Kier molecular flexibility index (Phi) is 3.16. The summed E-state index contributed by atoms with van der Waals surface area (Å²) >= 11 is 1.60. The number of hydrogen-bond acceptors (Lipinski definition) is 4. The molecule has 0 aliphatic heterocycles. The molecule has 0 saturated carbocycles. The van der Waals surface area contributed by atoms with Crippen LogP contribution in [0.1, 0.15) is 28.5 Å². The van der Waals surface area contributed by atoms with Crippen molar-refractivity contribution >= 4 is 22.3 Å². The van der Waals surface area contributed by atoms with Crippen LogP contribution in [-0.4, -0.2) is 27.6 Å². The van der Waals surface area contributed by atoms with Gasteiger partial charge in [0.25, 0.3) is 0 Å². The number of carbonyl (C=O) groups is 1. The van der Waals surface area contributed by atoms with E-state index in [2.05, 4.69) is 4.98 Å². The molecule has 4 rings (SSSR count). The molecule has 1 aliphatic carbocycles. The normalized spacial score (nSPS) is 16.7. The Labute approximate surface area is 137 Å². The maximum absolute atomic E-state index is 11.5. The first kappa shape index (κ1) is 14.3. The Morgan fingerprint density at radius 1 is 1.48 bits per heavy atom. The van der Waals surface area contributed by atoms with E-state index in [1.165, 1.54) is 0 Å². The molecule has 0 radical (unpaired) electrons. The number of ether oxygens (including phenoxy) is 1. The third kappa shape index (κ3) is 2.13. The fourth-order valence-corrected chi connectivity index (χ4v) is 4.45. The highest BCUT2D eigenvalue weighted by atomic mass is 32.1. The van der Waals surface area contributed by atoms with Crippen LogP contribution in [0.5, 0.6) is 5.75 Å². The van der Waals surface area contributed by atoms with Gasteiger partial charge in [0.1, 0.15) is 5.75 Å². The average molecular weight is 328 g/mol. The second-order valence-corrected chi connectivity index (χ2v) is 6.87. The minimum atomic E-state index is -0.751. The topological polar surface area (TPSA) is 63.8 Å². The zero-order valence-electron chi connectivity index (χ0n) is 12.9. The summed E-state index contributed by atoms with van der Waals surface area (Å²) in [5.41, 5.74) is 3.83. The Morgan fingerprint density at radius 2 is 2.30 bits per heavy atom. The molecule has 0 spiro atoms. The molecule has 2 heterocycles. The van der Waals surface area contributed by atoms with E-state index in [0.29, 0.717) is 6.42 Å². The van der Waals surface area contributed by atoms with Gasteiger partial charge in [0.2, 0.25) is 0 Å². The maximum Gasteiger partial charge on any atom is 0.312 e. The maximum atomic E-state index is 11.5. The molecule has 0 fully saturated rings. The Hall–Kier alpha value is -2.34. The summed E-state index contributed by atoms with van der Waals surface area (Å²) in [4.78, 5) is 18.2. The lowest BCUT2D eigenvalue weighted by Crippen LogP contribution is -2.09.